The molecule has 0 heterocycles. The summed E-state index contributed by atoms with van der Waals surface area (Å²) in [6.07, 6.45) is 24.0. The molecule has 0 bridgehead atoms. The smallest absolute Gasteiger partial charge is 0.305 e. The van der Waals surface area contributed by atoms with Crippen molar-refractivity contribution in [1.29, 1.82) is 0 Å². The van der Waals surface area contributed by atoms with Crippen LogP contribution in [0.5, 0.6) is 0 Å². The number of ether oxygens (including phenoxy) is 1. The number of hydrogen-bond acceptors (Lipinski definition) is 4. The first kappa shape index (κ1) is 32.4. The molecule has 0 N–H and O–H groups in total. The fraction of sp³-hybridized carbons (Fsp3) is 0.963. The van der Waals surface area contributed by atoms with Gasteiger partial charge in [-0.3, -0.25) is 4.79 Å². The van der Waals surface area contributed by atoms with E-state index in [0.717, 1.165) is 38.6 Å². The van der Waals surface area contributed by atoms with Gasteiger partial charge in [0.05, 0.1) is 27.2 Å². The summed E-state index contributed by atoms with van der Waals surface area (Å²) in [4.78, 5) is 11.8. The maximum absolute atomic E-state index is 11.8. The van der Waals surface area contributed by atoms with E-state index in [1.54, 1.807) is 0 Å². The lowest BCUT2D eigenvalue weighted by Gasteiger charge is -2.28. The lowest BCUT2D eigenvalue weighted by atomic mass is 10.1. The Bertz CT molecular complexity index is 560. The van der Waals surface area contributed by atoms with Gasteiger partial charge in [0.2, 0.25) is 0 Å². The zero-order valence-electron chi connectivity index (χ0n) is 22.5. The fourth-order valence-electron chi connectivity index (χ4n) is 4.42. The molecule has 0 radical (unpaired) electrons. The molecule has 0 aromatic carbocycles. The topological polar surface area (TPSA) is 60.4 Å². The van der Waals surface area contributed by atoms with Gasteiger partial charge in [-0.2, -0.15) is 0 Å². The second kappa shape index (κ2) is 20.7. The highest BCUT2D eigenvalue weighted by Crippen LogP contribution is 2.13. The minimum absolute atomic E-state index is 0.0215. The van der Waals surface area contributed by atoms with E-state index in [9.17, 15) is 13.2 Å². The third kappa shape index (κ3) is 25.8. The van der Waals surface area contributed by atoms with Crippen LogP contribution in [0.25, 0.3) is 0 Å². The Hall–Kier alpha value is -0.620. The first-order valence-electron chi connectivity index (χ1n) is 13.8. The molecule has 0 aliphatic rings. The van der Waals surface area contributed by atoms with Crippen molar-refractivity contribution < 1.29 is 22.4 Å². The zero-order valence-corrected chi connectivity index (χ0v) is 23.4. The van der Waals surface area contributed by atoms with Gasteiger partial charge in [0.25, 0.3) is 0 Å². The number of carbonyl (C=O) groups excluding carboxylic acids is 1. The Morgan fingerprint density at radius 2 is 1.09 bits per heavy atom. The van der Waals surface area contributed by atoms with Crippen LogP contribution in [0.15, 0.2) is 0 Å². The summed E-state index contributed by atoms with van der Waals surface area (Å²) in [6.45, 7) is 3.74. The molecular weight excluding hydrogens is 434 g/mol. The van der Waals surface area contributed by atoms with Crippen molar-refractivity contribution in [1.82, 2.24) is 0 Å². The average Bonchev–Trinajstić information content (AvgIpc) is 2.71. The monoisotopic (exact) mass is 490 g/mol. The van der Waals surface area contributed by atoms with Crippen molar-refractivity contribution in [3.05, 3.63) is 0 Å². The SMILES string of the molecule is CCCCCCCCCCCCC(=O)OCCCCCCCCCC[N+](C)(C)CS(C)(=O)=O. The predicted octanol–water partition coefficient (Wildman–Crippen LogP) is 7.04. The largest absolute Gasteiger partial charge is 0.466 e. The van der Waals surface area contributed by atoms with E-state index in [1.807, 2.05) is 14.1 Å². The highest BCUT2D eigenvalue weighted by molar-refractivity contribution is 7.90. The second-order valence-corrected chi connectivity index (χ2v) is 12.8. The molecule has 0 aromatic heterocycles. The maximum Gasteiger partial charge on any atom is 0.305 e. The van der Waals surface area contributed by atoms with Gasteiger partial charge in [0.1, 0.15) is 0 Å². The maximum atomic E-state index is 11.8. The van der Waals surface area contributed by atoms with Crippen LogP contribution in [-0.4, -0.2) is 58.2 Å². The molecule has 198 valence electrons. The van der Waals surface area contributed by atoms with E-state index >= 15 is 0 Å². The van der Waals surface area contributed by atoms with Crippen LogP contribution >= 0.6 is 0 Å². The summed E-state index contributed by atoms with van der Waals surface area (Å²) in [5, 5.41) is 0. The number of rotatable bonds is 24. The van der Waals surface area contributed by atoms with Crippen molar-refractivity contribution in [2.45, 2.75) is 129 Å². The van der Waals surface area contributed by atoms with Crippen LogP contribution in [0.2, 0.25) is 0 Å². The van der Waals surface area contributed by atoms with Crippen LogP contribution in [0.4, 0.5) is 0 Å². The van der Waals surface area contributed by atoms with Crippen LogP contribution in [0.1, 0.15) is 129 Å². The number of sulfone groups is 1. The molecule has 0 aliphatic carbocycles. The summed E-state index contributed by atoms with van der Waals surface area (Å²) in [5.74, 6) is 0.198. The Kier molecular flexibility index (Phi) is 20.3. The van der Waals surface area contributed by atoms with Gasteiger partial charge in [-0.05, 0) is 25.7 Å². The lowest BCUT2D eigenvalue weighted by molar-refractivity contribution is -0.878. The summed E-state index contributed by atoms with van der Waals surface area (Å²) in [5.41, 5.74) is 0. The van der Waals surface area contributed by atoms with Gasteiger partial charge < -0.3 is 9.22 Å². The molecule has 0 fully saturated rings. The number of carbonyl (C=O) groups is 1. The summed E-state index contributed by atoms with van der Waals surface area (Å²) in [6, 6.07) is 0. The number of unbranched alkanes of at least 4 members (excludes halogenated alkanes) is 16. The molecule has 0 saturated heterocycles. The van der Waals surface area contributed by atoms with Crippen LogP contribution < -0.4 is 0 Å². The molecule has 0 unspecified atom stereocenters. The average molecular weight is 491 g/mol. The molecule has 0 saturated carbocycles. The number of quaternary nitrogens is 1. The quantitative estimate of drug-likeness (QED) is 0.0827. The number of hydrogen-bond donors (Lipinski definition) is 0. The standard InChI is InChI=1S/C27H56NO4S/c1-5-6-7-8-9-10-11-14-17-20-23-27(29)32-25-22-19-16-13-12-15-18-21-24-28(2,3)26-33(4,30)31/h5-26H2,1-4H3/q+1. The molecule has 6 heteroatoms. The highest BCUT2D eigenvalue weighted by Gasteiger charge is 2.20. The van der Waals surface area contributed by atoms with E-state index in [0.29, 0.717) is 17.5 Å². The molecule has 0 aliphatic heterocycles. The molecule has 33 heavy (non-hydrogen) atoms. The van der Waals surface area contributed by atoms with E-state index in [4.69, 9.17) is 4.74 Å². The lowest BCUT2D eigenvalue weighted by Crippen LogP contribution is -2.44. The van der Waals surface area contributed by atoms with Crippen LogP contribution in [0.3, 0.4) is 0 Å². The Morgan fingerprint density at radius 1 is 0.667 bits per heavy atom. The van der Waals surface area contributed by atoms with Crippen molar-refractivity contribution in [3.8, 4) is 0 Å². The fourth-order valence-corrected chi connectivity index (χ4v) is 5.82. The first-order valence-corrected chi connectivity index (χ1v) is 15.9. The van der Waals surface area contributed by atoms with Gasteiger partial charge in [0, 0.05) is 12.7 Å². The number of nitrogens with zero attached hydrogens (tertiary/aromatic N) is 1. The van der Waals surface area contributed by atoms with Gasteiger partial charge in [-0.1, -0.05) is 96.8 Å². The molecule has 0 atom stereocenters. The summed E-state index contributed by atoms with van der Waals surface area (Å²) >= 11 is 0. The molecule has 5 nitrogen and oxygen atoms in total. The number of esters is 1. The summed E-state index contributed by atoms with van der Waals surface area (Å²) < 4.78 is 28.8. The van der Waals surface area contributed by atoms with E-state index < -0.39 is 9.84 Å². The molecule has 0 spiro atoms. The minimum Gasteiger partial charge on any atom is -0.466 e. The van der Waals surface area contributed by atoms with Gasteiger partial charge in [-0.15, -0.1) is 0 Å². The van der Waals surface area contributed by atoms with Crippen molar-refractivity contribution >= 4 is 15.8 Å². The Morgan fingerprint density at radius 3 is 1.58 bits per heavy atom. The van der Waals surface area contributed by atoms with E-state index in [1.165, 1.54) is 89.7 Å². The normalized spacial score (nSPS) is 12.2. The molecule has 0 aromatic rings. The van der Waals surface area contributed by atoms with Crippen molar-refractivity contribution in [2.75, 3.05) is 39.4 Å². The van der Waals surface area contributed by atoms with E-state index in [-0.39, 0.29) is 11.8 Å². The Labute approximate surface area is 206 Å². The Balaban J connectivity index is 3.34. The highest BCUT2D eigenvalue weighted by atomic mass is 32.2. The first-order chi connectivity index (χ1) is 15.7. The summed E-state index contributed by atoms with van der Waals surface area (Å²) in [7, 11) is 1.06. The third-order valence-electron chi connectivity index (χ3n) is 6.24. The third-order valence-corrected chi connectivity index (χ3v) is 7.41. The van der Waals surface area contributed by atoms with Crippen molar-refractivity contribution in [2.24, 2.45) is 0 Å². The van der Waals surface area contributed by atoms with Gasteiger partial charge in [0.15, 0.2) is 15.7 Å². The van der Waals surface area contributed by atoms with Crippen molar-refractivity contribution in [3.63, 3.8) is 0 Å². The minimum atomic E-state index is -2.92. The van der Waals surface area contributed by atoms with Gasteiger partial charge >= 0.3 is 5.97 Å². The molecule has 0 amide bonds. The second-order valence-electron chi connectivity index (χ2n) is 10.7. The van der Waals surface area contributed by atoms with Crippen LogP contribution in [0, 0.1) is 0 Å². The predicted molar refractivity (Wildman–Crippen MR) is 141 cm³/mol. The molecule has 0 rings (SSSR count). The molecular formula is C27H56NO4S+. The zero-order chi connectivity index (χ0) is 24.8. The van der Waals surface area contributed by atoms with E-state index in [2.05, 4.69) is 6.92 Å². The van der Waals surface area contributed by atoms with Crippen LogP contribution in [-0.2, 0) is 19.4 Å². The van der Waals surface area contributed by atoms with Gasteiger partial charge in [-0.25, -0.2) is 8.42 Å².